The first-order valence-corrected chi connectivity index (χ1v) is 8.69. The van der Waals surface area contributed by atoms with Crippen LogP contribution in [0, 0.1) is 5.92 Å². The molecule has 7 nitrogen and oxygen atoms in total. The number of thioether (sulfide) groups is 1. The molecule has 0 aromatic carbocycles. The molecule has 124 valence electrons. The second kappa shape index (κ2) is 8.38. The largest absolute Gasteiger partial charge is 0.378 e. The standard InChI is InChI=1S/C14H25N5O2S/c1-11(2)10-19-13(18-5-7-21-8-6-18)16-17-14(19)22-9-4-15-12(3)20/h11H,4-10H2,1-3H3,(H,15,20). The molecule has 0 atom stereocenters. The predicted molar refractivity (Wildman–Crippen MR) is 87.3 cm³/mol. The van der Waals surface area contributed by atoms with Gasteiger partial charge >= 0.3 is 0 Å². The highest BCUT2D eigenvalue weighted by Crippen LogP contribution is 2.23. The summed E-state index contributed by atoms with van der Waals surface area (Å²) in [5, 5.41) is 12.4. The minimum Gasteiger partial charge on any atom is -0.378 e. The first-order chi connectivity index (χ1) is 10.6. The number of aromatic nitrogens is 3. The van der Waals surface area contributed by atoms with E-state index in [0.717, 1.165) is 49.7 Å². The van der Waals surface area contributed by atoms with Crippen LogP contribution in [0.15, 0.2) is 5.16 Å². The number of ether oxygens (including phenoxy) is 1. The van der Waals surface area contributed by atoms with Crippen LogP contribution in [0.2, 0.25) is 0 Å². The van der Waals surface area contributed by atoms with E-state index in [1.54, 1.807) is 11.8 Å². The van der Waals surface area contributed by atoms with Crippen LogP contribution in [0.1, 0.15) is 20.8 Å². The van der Waals surface area contributed by atoms with Crippen LogP contribution < -0.4 is 10.2 Å². The van der Waals surface area contributed by atoms with Crippen LogP contribution in [0.3, 0.4) is 0 Å². The third-order valence-electron chi connectivity index (χ3n) is 3.25. The van der Waals surface area contributed by atoms with E-state index >= 15 is 0 Å². The summed E-state index contributed by atoms with van der Waals surface area (Å²) in [6, 6.07) is 0. The molecule has 1 aliphatic heterocycles. The average molecular weight is 327 g/mol. The first kappa shape index (κ1) is 17.1. The fourth-order valence-electron chi connectivity index (χ4n) is 2.28. The van der Waals surface area contributed by atoms with Crippen molar-refractivity contribution < 1.29 is 9.53 Å². The topological polar surface area (TPSA) is 72.3 Å². The molecule has 1 fully saturated rings. The number of nitrogens with one attached hydrogen (secondary N) is 1. The molecule has 2 heterocycles. The van der Waals surface area contributed by atoms with Crippen molar-refractivity contribution in [2.45, 2.75) is 32.5 Å². The van der Waals surface area contributed by atoms with E-state index in [0.29, 0.717) is 12.5 Å². The molecule has 0 saturated carbocycles. The SMILES string of the molecule is CC(=O)NCCSc1nnc(N2CCOCC2)n1CC(C)C. The Bertz CT molecular complexity index is 486. The third kappa shape index (κ3) is 4.88. The van der Waals surface area contributed by atoms with Crippen LogP contribution in [0.5, 0.6) is 0 Å². The van der Waals surface area contributed by atoms with Crippen molar-refractivity contribution in [2.75, 3.05) is 43.5 Å². The van der Waals surface area contributed by atoms with Crippen LogP contribution >= 0.6 is 11.8 Å². The van der Waals surface area contributed by atoms with E-state index in [9.17, 15) is 4.79 Å². The molecule has 0 spiro atoms. The predicted octanol–water partition coefficient (Wildman–Crippen LogP) is 0.999. The fraction of sp³-hybridized carbons (Fsp3) is 0.786. The van der Waals surface area contributed by atoms with E-state index in [-0.39, 0.29) is 5.91 Å². The molecular weight excluding hydrogens is 302 g/mol. The molecule has 22 heavy (non-hydrogen) atoms. The van der Waals surface area contributed by atoms with Gasteiger partial charge < -0.3 is 15.0 Å². The van der Waals surface area contributed by atoms with Crippen LogP contribution in [0.25, 0.3) is 0 Å². The number of morpholine rings is 1. The smallest absolute Gasteiger partial charge is 0.228 e. The van der Waals surface area contributed by atoms with E-state index in [1.165, 1.54) is 6.92 Å². The van der Waals surface area contributed by atoms with Gasteiger partial charge in [-0.25, -0.2) is 0 Å². The summed E-state index contributed by atoms with van der Waals surface area (Å²) in [5.74, 6) is 2.24. The normalized spacial score (nSPS) is 15.4. The molecule has 1 aliphatic rings. The maximum absolute atomic E-state index is 10.9. The van der Waals surface area contributed by atoms with Gasteiger partial charge in [-0.2, -0.15) is 0 Å². The molecule has 1 amide bonds. The number of rotatable bonds is 7. The summed E-state index contributed by atoms with van der Waals surface area (Å²) in [5.41, 5.74) is 0. The number of hydrogen-bond acceptors (Lipinski definition) is 6. The highest BCUT2D eigenvalue weighted by molar-refractivity contribution is 7.99. The molecule has 8 heteroatoms. The molecule has 1 N–H and O–H groups in total. The zero-order chi connectivity index (χ0) is 15.9. The van der Waals surface area contributed by atoms with E-state index in [4.69, 9.17) is 4.74 Å². The zero-order valence-corrected chi connectivity index (χ0v) is 14.4. The van der Waals surface area contributed by atoms with Gasteiger partial charge in [-0.15, -0.1) is 10.2 Å². The van der Waals surface area contributed by atoms with E-state index in [2.05, 4.69) is 38.8 Å². The highest BCUT2D eigenvalue weighted by Gasteiger charge is 2.21. The summed E-state index contributed by atoms with van der Waals surface area (Å²) in [6.45, 7) is 10.6. The van der Waals surface area contributed by atoms with Gasteiger partial charge in [0.1, 0.15) is 0 Å². The van der Waals surface area contributed by atoms with Gasteiger partial charge in [-0.05, 0) is 5.92 Å². The van der Waals surface area contributed by atoms with Crippen molar-refractivity contribution in [1.82, 2.24) is 20.1 Å². The van der Waals surface area contributed by atoms with Gasteiger partial charge in [0.05, 0.1) is 13.2 Å². The number of carbonyl (C=O) groups is 1. The fourth-order valence-corrected chi connectivity index (χ4v) is 3.08. The lowest BCUT2D eigenvalue weighted by Gasteiger charge is -2.28. The summed E-state index contributed by atoms with van der Waals surface area (Å²) >= 11 is 1.63. The summed E-state index contributed by atoms with van der Waals surface area (Å²) in [4.78, 5) is 13.1. The van der Waals surface area contributed by atoms with Crippen molar-refractivity contribution in [3.8, 4) is 0 Å². The highest BCUT2D eigenvalue weighted by atomic mass is 32.2. The Balaban J connectivity index is 2.04. The van der Waals surface area contributed by atoms with Crippen molar-refractivity contribution in [1.29, 1.82) is 0 Å². The zero-order valence-electron chi connectivity index (χ0n) is 13.5. The number of amides is 1. The van der Waals surface area contributed by atoms with Gasteiger partial charge in [0, 0.05) is 38.9 Å². The quantitative estimate of drug-likeness (QED) is 0.595. The average Bonchev–Trinajstić information content (AvgIpc) is 2.86. The van der Waals surface area contributed by atoms with E-state index in [1.807, 2.05) is 0 Å². The van der Waals surface area contributed by atoms with Crippen LogP contribution in [0.4, 0.5) is 5.95 Å². The maximum atomic E-state index is 10.9. The molecule has 0 radical (unpaired) electrons. The van der Waals surface area contributed by atoms with Gasteiger partial charge in [-0.3, -0.25) is 9.36 Å². The van der Waals surface area contributed by atoms with Gasteiger partial charge in [0.25, 0.3) is 0 Å². The lowest BCUT2D eigenvalue weighted by Crippen LogP contribution is -2.38. The van der Waals surface area contributed by atoms with Gasteiger partial charge in [-0.1, -0.05) is 25.6 Å². The monoisotopic (exact) mass is 327 g/mol. The number of nitrogens with zero attached hydrogens (tertiary/aromatic N) is 4. The number of carbonyl (C=O) groups excluding carboxylic acids is 1. The first-order valence-electron chi connectivity index (χ1n) is 7.71. The van der Waals surface area contributed by atoms with Crippen LogP contribution in [-0.4, -0.2) is 59.3 Å². The minimum atomic E-state index is -0.00162. The maximum Gasteiger partial charge on any atom is 0.228 e. The van der Waals surface area contributed by atoms with Crippen molar-refractivity contribution in [2.24, 2.45) is 5.92 Å². The third-order valence-corrected chi connectivity index (χ3v) is 4.21. The van der Waals surface area contributed by atoms with Crippen molar-refractivity contribution >= 4 is 23.6 Å². The molecule has 0 bridgehead atoms. The summed E-state index contributed by atoms with van der Waals surface area (Å²) in [7, 11) is 0. The van der Waals surface area contributed by atoms with Gasteiger partial charge in [0.2, 0.25) is 11.9 Å². The number of hydrogen-bond donors (Lipinski definition) is 1. The molecule has 2 rings (SSSR count). The lowest BCUT2D eigenvalue weighted by molar-refractivity contribution is -0.118. The Morgan fingerprint density at radius 3 is 2.73 bits per heavy atom. The molecule has 0 aliphatic carbocycles. The molecular formula is C14H25N5O2S. The Morgan fingerprint density at radius 2 is 2.09 bits per heavy atom. The Morgan fingerprint density at radius 1 is 1.36 bits per heavy atom. The Kier molecular flexibility index (Phi) is 6.50. The number of anilines is 1. The Labute approximate surface area is 135 Å². The molecule has 0 unspecified atom stereocenters. The summed E-state index contributed by atoms with van der Waals surface area (Å²) in [6.07, 6.45) is 0. The second-order valence-corrected chi connectivity index (χ2v) is 6.78. The minimum absolute atomic E-state index is 0.00162. The van der Waals surface area contributed by atoms with E-state index < -0.39 is 0 Å². The van der Waals surface area contributed by atoms with Crippen molar-refractivity contribution in [3.63, 3.8) is 0 Å². The second-order valence-electron chi connectivity index (χ2n) is 5.72. The molecule has 1 aromatic heterocycles. The molecule has 1 saturated heterocycles. The van der Waals surface area contributed by atoms with Crippen LogP contribution in [-0.2, 0) is 16.1 Å². The van der Waals surface area contributed by atoms with Crippen molar-refractivity contribution in [3.05, 3.63) is 0 Å². The molecule has 1 aromatic rings. The lowest BCUT2D eigenvalue weighted by atomic mass is 10.2. The summed E-state index contributed by atoms with van der Waals surface area (Å²) < 4.78 is 7.60. The van der Waals surface area contributed by atoms with Gasteiger partial charge in [0.15, 0.2) is 5.16 Å². The Hall–Kier alpha value is -1.28.